The first kappa shape index (κ1) is 26.6. The van der Waals surface area contributed by atoms with E-state index in [1.54, 1.807) is 0 Å². The number of nitrogens with zero attached hydrogens (tertiary/aromatic N) is 3. The van der Waals surface area contributed by atoms with E-state index in [9.17, 15) is 9.90 Å². The molecule has 1 aromatic heterocycles. The molecule has 200 valence electrons. The lowest BCUT2D eigenvalue weighted by Gasteiger charge is -2.37. The molecule has 3 aromatic carbocycles. The number of amides is 1. The standard InChI is InChI=1S/C31H32N4O4/c1-3-16-35(2)19-25-17-29(22-10-8-21(20-36)9-11-22)39-31(38-25)23-12-14-24(15-13-23)33-30(37)28-18-32-26-6-4-5-7-27(26)34-28/h3-15,18,25,29,31,36H,1,16-17,19-20H2,2H3,(H,33,37)/t25-,29+,31+/m1/s1. The number of ether oxygens (including phenoxy) is 2. The van der Waals surface area contributed by atoms with Crippen molar-refractivity contribution < 1.29 is 19.4 Å². The minimum Gasteiger partial charge on any atom is -0.392 e. The second kappa shape index (κ2) is 12.3. The second-order valence-corrected chi connectivity index (χ2v) is 9.68. The topological polar surface area (TPSA) is 96.8 Å². The summed E-state index contributed by atoms with van der Waals surface area (Å²) in [6.45, 7) is 5.33. The largest absolute Gasteiger partial charge is 0.392 e. The number of nitrogens with one attached hydrogen (secondary N) is 1. The number of para-hydroxylation sites is 2. The average molecular weight is 525 g/mol. The summed E-state index contributed by atoms with van der Waals surface area (Å²) in [5.41, 5.74) is 5.04. The highest BCUT2D eigenvalue weighted by atomic mass is 16.7. The molecule has 8 nitrogen and oxygen atoms in total. The Labute approximate surface area is 227 Å². The van der Waals surface area contributed by atoms with Gasteiger partial charge in [-0.1, -0.05) is 54.6 Å². The van der Waals surface area contributed by atoms with Gasteiger partial charge in [0.2, 0.25) is 0 Å². The lowest BCUT2D eigenvalue weighted by Crippen LogP contribution is -2.37. The van der Waals surface area contributed by atoms with Gasteiger partial charge in [0.25, 0.3) is 5.91 Å². The van der Waals surface area contributed by atoms with Crippen molar-refractivity contribution in [2.24, 2.45) is 0 Å². The van der Waals surface area contributed by atoms with Crippen molar-refractivity contribution in [3.05, 3.63) is 114 Å². The third kappa shape index (κ3) is 6.55. The van der Waals surface area contributed by atoms with Gasteiger partial charge < -0.3 is 24.8 Å². The van der Waals surface area contributed by atoms with Crippen molar-refractivity contribution in [1.29, 1.82) is 0 Å². The molecule has 1 fully saturated rings. The van der Waals surface area contributed by atoms with Gasteiger partial charge >= 0.3 is 0 Å². The first-order valence-corrected chi connectivity index (χ1v) is 13.0. The monoisotopic (exact) mass is 524 g/mol. The molecular formula is C31H32N4O4. The van der Waals surface area contributed by atoms with E-state index in [0.717, 1.165) is 35.3 Å². The van der Waals surface area contributed by atoms with E-state index >= 15 is 0 Å². The Kier molecular flexibility index (Phi) is 8.39. The molecule has 5 rings (SSSR count). The summed E-state index contributed by atoms with van der Waals surface area (Å²) in [5.74, 6) is -0.331. The number of benzene rings is 3. The molecule has 0 saturated carbocycles. The molecule has 0 spiro atoms. The lowest BCUT2D eigenvalue weighted by atomic mass is 9.99. The van der Waals surface area contributed by atoms with Crippen LogP contribution in [0.2, 0.25) is 0 Å². The van der Waals surface area contributed by atoms with Gasteiger partial charge in [0.15, 0.2) is 6.29 Å². The van der Waals surface area contributed by atoms with Gasteiger partial charge in [-0.25, -0.2) is 4.98 Å². The number of aliphatic hydroxyl groups excluding tert-OH is 1. The zero-order chi connectivity index (χ0) is 27.2. The van der Waals surface area contributed by atoms with E-state index in [1.165, 1.54) is 6.20 Å². The number of likely N-dealkylation sites (N-methyl/N-ethyl adjacent to an activating group) is 1. The summed E-state index contributed by atoms with van der Waals surface area (Å²) in [4.78, 5) is 23.7. The summed E-state index contributed by atoms with van der Waals surface area (Å²) in [5, 5.41) is 12.3. The van der Waals surface area contributed by atoms with Crippen LogP contribution in [0, 0.1) is 0 Å². The summed E-state index contributed by atoms with van der Waals surface area (Å²) in [7, 11) is 2.04. The molecule has 3 atom stereocenters. The van der Waals surface area contributed by atoms with E-state index in [4.69, 9.17) is 9.47 Å². The van der Waals surface area contributed by atoms with Gasteiger partial charge in [0, 0.05) is 30.8 Å². The van der Waals surface area contributed by atoms with Crippen LogP contribution in [-0.4, -0.2) is 52.1 Å². The maximum atomic E-state index is 12.8. The summed E-state index contributed by atoms with van der Waals surface area (Å²) in [6.07, 6.45) is 3.27. The Bertz CT molecular complexity index is 1420. The predicted octanol–water partition coefficient (Wildman–Crippen LogP) is 5.04. The fourth-order valence-electron chi connectivity index (χ4n) is 4.66. The number of rotatable bonds is 9. The number of fused-ring (bicyclic) bond motifs is 1. The number of aliphatic hydroxyl groups is 1. The quantitative estimate of drug-likeness (QED) is 0.296. The molecular weight excluding hydrogens is 492 g/mol. The van der Waals surface area contributed by atoms with Crippen molar-refractivity contribution >= 4 is 22.6 Å². The molecule has 4 aromatic rings. The highest BCUT2D eigenvalue weighted by Crippen LogP contribution is 2.38. The first-order chi connectivity index (χ1) is 19.0. The summed E-state index contributed by atoms with van der Waals surface area (Å²) in [6, 6.07) is 22.7. The molecule has 39 heavy (non-hydrogen) atoms. The van der Waals surface area contributed by atoms with Crippen LogP contribution >= 0.6 is 0 Å². The average Bonchev–Trinajstić information content (AvgIpc) is 2.97. The Morgan fingerprint density at radius 2 is 1.77 bits per heavy atom. The maximum Gasteiger partial charge on any atom is 0.275 e. The first-order valence-electron chi connectivity index (χ1n) is 13.0. The molecule has 1 saturated heterocycles. The Morgan fingerprint density at radius 1 is 1.05 bits per heavy atom. The van der Waals surface area contributed by atoms with E-state index in [-0.39, 0.29) is 30.4 Å². The van der Waals surface area contributed by atoms with Crippen LogP contribution in [0.3, 0.4) is 0 Å². The summed E-state index contributed by atoms with van der Waals surface area (Å²) >= 11 is 0. The Hall–Kier alpha value is -3.95. The van der Waals surface area contributed by atoms with Crippen LogP contribution < -0.4 is 5.32 Å². The molecule has 1 aliphatic heterocycles. The van der Waals surface area contributed by atoms with Crippen LogP contribution in [0.1, 0.15) is 46.0 Å². The van der Waals surface area contributed by atoms with Crippen LogP contribution in [0.5, 0.6) is 0 Å². The zero-order valence-electron chi connectivity index (χ0n) is 21.9. The minimum absolute atomic E-state index is 0.00282. The minimum atomic E-state index is -0.570. The van der Waals surface area contributed by atoms with Crippen molar-refractivity contribution in [2.75, 3.05) is 25.5 Å². The molecule has 8 heteroatoms. The third-order valence-corrected chi connectivity index (χ3v) is 6.69. The van der Waals surface area contributed by atoms with Crippen molar-refractivity contribution in [1.82, 2.24) is 14.9 Å². The van der Waals surface area contributed by atoms with Gasteiger partial charge in [0.05, 0.1) is 36.0 Å². The number of carbonyl (C=O) groups excluding carboxylic acids is 1. The Morgan fingerprint density at radius 3 is 2.49 bits per heavy atom. The molecule has 0 radical (unpaired) electrons. The van der Waals surface area contributed by atoms with Crippen LogP contribution in [0.4, 0.5) is 5.69 Å². The highest BCUT2D eigenvalue weighted by Gasteiger charge is 2.32. The number of aromatic nitrogens is 2. The Balaban J connectivity index is 1.30. The van der Waals surface area contributed by atoms with E-state index in [1.807, 2.05) is 85.9 Å². The fourth-order valence-corrected chi connectivity index (χ4v) is 4.66. The van der Waals surface area contributed by atoms with E-state index in [0.29, 0.717) is 17.6 Å². The lowest BCUT2D eigenvalue weighted by molar-refractivity contribution is -0.252. The predicted molar refractivity (Wildman–Crippen MR) is 150 cm³/mol. The van der Waals surface area contributed by atoms with E-state index < -0.39 is 6.29 Å². The van der Waals surface area contributed by atoms with Gasteiger partial charge in [-0.05, 0) is 42.4 Å². The molecule has 0 aliphatic carbocycles. The van der Waals surface area contributed by atoms with Crippen molar-refractivity contribution in [2.45, 2.75) is 31.5 Å². The van der Waals surface area contributed by atoms with Gasteiger partial charge in [-0.3, -0.25) is 9.78 Å². The fraction of sp³-hybridized carbons (Fsp3) is 0.258. The molecule has 2 heterocycles. The molecule has 1 aliphatic rings. The number of hydrogen-bond acceptors (Lipinski definition) is 7. The number of carbonyl (C=O) groups is 1. The van der Waals surface area contributed by atoms with Crippen molar-refractivity contribution in [3.63, 3.8) is 0 Å². The van der Waals surface area contributed by atoms with Crippen LogP contribution in [0.15, 0.2) is 91.6 Å². The second-order valence-electron chi connectivity index (χ2n) is 9.68. The van der Waals surface area contributed by atoms with Crippen LogP contribution in [0.25, 0.3) is 11.0 Å². The zero-order valence-corrected chi connectivity index (χ0v) is 21.9. The van der Waals surface area contributed by atoms with Gasteiger partial charge in [-0.15, -0.1) is 6.58 Å². The molecule has 1 amide bonds. The highest BCUT2D eigenvalue weighted by molar-refractivity contribution is 6.03. The third-order valence-electron chi connectivity index (χ3n) is 6.69. The van der Waals surface area contributed by atoms with Crippen molar-refractivity contribution in [3.8, 4) is 0 Å². The molecule has 0 bridgehead atoms. The summed E-state index contributed by atoms with van der Waals surface area (Å²) < 4.78 is 12.8. The normalized spacial score (nSPS) is 19.2. The van der Waals surface area contributed by atoms with E-state index in [2.05, 4.69) is 26.8 Å². The maximum absolute atomic E-state index is 12.8. The van der Waals surface area contributed by atoms with Gasteiger partial charge in [-0.2, -0.15) is 0 Å². The number of hydrogen-bond donors (Lipinski definition) is 2. The van der Waals surface area contributed by atoms with Gasteiger partial charge in [0.1, 0.15) is 5.69 Å². The van der Waals surface area contributed by atoms with Crippen LogP contribution in [-0.2, 0) is 16.1 Å². The SMILES string of the molecule is C=CCN(C)C[C@H]1C[C@@H](c2ccc(CO)cc2)O[C@@H](c2ccc(NC(=O)c3cnc4ccccc4n3)cc2)O1. The smallest absolute Gasteiger partial charge is 0.275 e. The number of anilines is 1. The molecule has 2 N–H and O–H groups in total. The molecule has 0 unspecified atom stereocenters.